The van der Waals surface area contributed by atoms with E-state index in [9.17, 15) is 15.0 Å². The summed E-state index contributed by atoms with van der Waals surface area (Å²) < 4.78 is 11.8. The summed E-state index contributed by atoms with van der Waals surface area (Å²) in [6, 6.07) is 20.2. The lowest BCUT2D eigenvalue weighted by Crippen LogP contribution is -2.67. The van der Waals surface area contributed by atoms with Gasteiger partial charge in [-0.15, -0.1) is 0 Å². The molecule has 1 aliphatic heterocycles. The molecule has 2 N–H and O–H groups in total. The topological polar surface area (TPSA) is 79.3 Å². The van der Waals surface area contributed by atoms with Crippen molar-refractivity contribution in [3.8, 4) is 0 Å². The SMILES string of the molecule is CC1(C)[C@@]2(OC2=O)[C@]1(O)[C@H](O)CO[Si](c1ccccc1)(c1ccccc1)C(C)(C)C. The highest BCUT2D eigenvalue weighted by atomic mass is 28.4. The first kappa shape index (κ1) is 21.2. The van der Waals surface area contributed by atoms with Gasteiger partial charge in [-0.25, -0.2) is 4.79 Å². The molecule has 4 rings (SSSR count). The molecule has 3 atom stereocenters. The third kappa shape index (κ3) is 2.48. The Kier molecular flexibility index (Phi) is 4.60. The van der Waals surface area contributed by atoms with Gasteiger partial charge in [-0.3, -0.25) is 0 Å². The van der Waals surface area contributed by atoms with Gasteiger partial charge in [0.05, 0.1) is 12.0 Å². The zero-order valence-electron chi connectivity index (χ0n) is 18.2. The Hall–Kier alpha value is -1.99. The highest BCUT2D eigenvalue weighted by Crippen LogP contribution is 2.75. The van der Waals surface area contributed by atoms with Gasteiger partial charge in [-0.1, -0.05) is 95.3 Å². The Bertz CT molecular complexity index is 913. The molecule has 0 aromatic heterocycles. The number of aliphatic hydroxyl groups excluding tert-OH is 1. The first-order valence-corrected chi connectivity index (χ1v) is 12.3. The Balaban J connectivity index is 1.72. The predicted molar refractivity (Wildman–Crippen MR) is 117 cm³/mol. The van der Waals surface area contributed by atoms with Crippen LogP contribution >= 0.6 is 0 Å². The van der Waals surface area contributed by atoms with Gasteiger partial charge < -0.3 is 19.4 Å². The molecule has 2 aromatic rings. The van der Waals surface area contributed by atoms with Crippen LogP contribution in [0.25, 0.3) is 0 Å². The molecule has 30 heavy (non-hydrogen) atoms. The Morgan fingerprint density at radius 1 is 1.00 bits per heavy atom. The van der Waals surface area contributed by atoms with Gasteiger partial charge in [0.15, 0.2) is 5.60 Å². The van der Waals surface area contributed by atoms with Crippen LogP contribution in [0.2, 0.25) is 5.04 Å². The van der Waals surface area contributed by atoms with Gasteiger partial charge in [0, 0.05) is 0 Å². The number of ether oxygens (including phenoxy) is 1. The van der Waals surface area contributed by atoms with Crippen LogP contribution in [-0.4, -0.2) is 48.4 Å². The molecule has 1 saturated heterocycles. The van der Waals surface area contributed by atoms with Gasteiger partial charge in [-0.2, -0.15) is 0 Å². The van der Waals surface area contributed by atoms with Crippen molar-refractivity contribution in [1.82, 2.24) is 0 Å². The van der Waals surface area contributed by atoms with Gasteiger partial charge in [0.25, 0.3) is 8.32 Å². The van der Waals surface area contributed by atoms with Gasteiger partial charge >= 0.3 is 5.97 Å². The molecule has 0 bridgehead atoms. The number of benzene rings is 2. The third-order valence-corrected chi connectivity index (χ3v) is 12.2. The van der Waals surface area contributed by atoms with E-state index in [2.05, 4.69) is 45.0 Å². The number of carbonyl (C=O) groups is 1. The second-order valence-corrected chi connectivity index (χ2v) is 14.3. The van der Waals surface area contributed by atoms with Crippen LogP contribution in [-0.2, 0) is 14.0 Å². The van der Waals surface area contributed by atoms with E-state index < -0.39 is 37.0 Å². The van der Waals surface area contributed by atoms with Gasteiger partial charge in [0.1, 0.15) is 6.10 Å². The maximum atomic E-state index is 11.9. The van der Waals surface area contributed by atoms with Crippen LogP contribution < -0.4 is 10.4 Å². The van der Waals surface area contributed by atoms with Crippen molar-refractivity contribution in [2.45, 2.75) is 57.0 Å². The lowest BCUT2D eigenvalue weighted by atomic mass is 10.0. The molecule has 1 spiro atoms. The molecule has 5 nitrogen and oxygen atoms in total. The minimum absolute atomic E-state index is 0.0917. The van der Waals surface area contributed by atoms with Crippen LogP contribution in [0.1, 0.15) is 34.6 Å². The molecule has 2 aromatic carbocycles. The molecular formula is C24H30O5Si. The summed E-state index contributed by atoms with van der Waals surface area (Å²) in [4.78, 5) is 11.9. The van der Waals surface area contributed by atoms with Gasteiger partial charge in [0.2, 0.25) is 5.60 Å². The third-order valence-electron chi connectivity index (χ3n) is 7.16. The average molecular weight is 427 g/mol. The number of hydrogen-bond acceptors (Lipinski definition) is 5. The molecular weight excluding hydrogens is 396 g/mol. The summed E-state index contributed by atoms with van der Waals surface area (Å²) in [5.74, 6) is -0.459. The zero-order valence-corrected chi connectivity index (χ0v) is 19.2. The van der Waals surface area contributed by atoms with Crippen molar-refractivity contribution in [1.29, 1.82) is 0 Å². The van der Waals surface area contributed by atoms with Crippen LogP contribution in [0.5, 0.6) is 0 Å². The minimum atomic E-state index is -2.85. The normalized spacial score (nSPS) is 28.2. The van der Waals surface area contributed by atoms with Crippen LogP contribution in [0, 0.1) is 5.41 Å². The highest BCUT2D eigenvalue weighted by Gasteiger charge is 3.00. The maximum Gasteiger partial charge on any atom is 0.355 e. The van der Waals surface area contributed by atoms with Gasteiger partial charge in [-0.05, 0) is 15.4 Å². The summed E-state index contributed by atoms with van der Waals surface area (Å²) in [5, 5.41) is 24.1. The highest BCUT2D eigenvalue weighted by molar-refractivity contribution is 6.99. The van der Waals surface area contributed by atoms with Crippen LogP contribution in [0.15, 0.2) is 60.7 Å². The molecule has 1 saturated carbocycles. The van der Waals surface area contributed by atoms with Crippen LogP contribution in [0.4, 0.5) is 0 Å². The fourth-order valence-corrected chi connectivity index (χ4v) is 9.88. The van der Waals surface area contributed by atoms with E-state index in [-0.39, 0.29) is 11.6 Å². The summed E-state index contributed by atoms with van der Waals surface area (Å²) >= 11 is 0. The van der Waals surface area contributed by atoms with E-state index in [0.717, 1.165) is 10.4 Å². The summed E-state index contributed by atoms with van der Waals surface area (Å²) in [5.41, 5.74) is -3.80. The van der Waals surface area contributed by atoms with Crippen molar-refractivity contribution >= 4 is 24.7 Å². The molecule has 2 fully saturated rings. The lowest BCUT2D eigenvalue weighted by Gasteiger charge is -2.43. The molecule has 6 heteroatoms. The number of rotatable bonds is 6. The quantitative estimate of drug-likeness (QED) is 0.546. The zero-order chi connectivity index (χ0) is 22.0. The molecule has 160 valence electrons. The van der Waals surface area contributed by atoms with E-state index in [1.165, 1.54) is 0 Å². The first-order chi connectivity index (χ1) is 14.0. The standard InChI is InChI=1S/C24H30O5Si/c1-21(2,3)30(17-12-8-6-9-13-17,18-14-10-7-11-15-18)28-16-19(25)23(27)22(4,5)24(23)20(26)29-24/h6-15,19,25,27H,16H2,1-5H3/t19-,23+,24-/m1/s1. The molecule has 0 amide bonds. The lowest BCUT2D eigenvalue weighted by molar-refractivity contribution is -0.117. The summed E-state index contributed by atoms with van der Waals surface area (Å²) in [6.07, 6.45) is -1.25. The second-order valence-electron chi connectivity index (χ2n) is 9.95. The van der Waals surface area contributed by atoms with E-state index in [1.807, 2.05) is 36.4 Å². The first-order valence-electron chi connectivity index (χ1n) is 10.4. The Morgan fingerprint density at radius 2 is 1.43 bits per heavy atom. The smallest absolute Gasteiger partial charge is 0.355 e. The van der Waals surface area contributed by atoms with Crippen molar-refractivity contribution in [2.24, 2.45) is 5.41 Å². The van der Waals surface area contributed by atoms with Crippen molar-refractivity contribution in [2.75, 3.05) is 6.61 Å². The molecule has 0 radical (unpaired) electrons. The fourth-order valence-electron chi connectivity index (χ4n) is 5.31. The number of epoxide rings is 1. The number of hydrogen-bond donors (Lipinski definition) is 2. The van der Waals surface area contributed by atoms with Crippen LogP contribution in [0.3, 0.4) is 0 Å². The van der Waals surface area contributed by atoms with E-state index in [1.54, 1.807) is 13.8 Å². The fraction of sp³-hybridized carbons (Fsp3) is 0.458. The van der Waals surface area contributed by atoms with Crippen molar-refractivity contribution < 1.29 is 24.2 Å². The Morgan fingerprint density at radius 3 is 1.77 bits per heavy atom. The van der Waals surface area contributed by atoms with Crippen molar-refractivity contribution in [3.05, 3.63) is 60.7 Å². The number of carbonyl (C=O) groups excluding carboxylic acids is 1. The number of aliphatic hydroxyl groups is 2. The molecule has 1 heterocycles. The van der Waals surface area contributed by atoms with E-state index in [0.29, 0.717) is 0 Å². The van der Waals surface area contributed by atoms with E-state index >= 15 is 0 Å². The molecule has 0 unspecified atom stereocenters. The average Bonchev–Trinajstić information content (AvgIpc) is 3.50. The second kappa shape index (κ2) is 6.50. The monoisotopic (exact) mass is 426 g/mol. The Labute approximate surface area is 178 Å². The summed E-state index contributed by atoms with van der Waals surface area (Å²) in [7, 11) is -2.85. The minimum Gasteiger partial charge on any atom is -0.440 e. The maximum absolute atomic E-state index is 11.9. The van der Waals surface area contributed by atoms with E-state index in [4.69, 9.17) is 9.16 Å². The molecule has 1 aliphatic carbocycles. The van der Waals surface area contributed by atoms with Crippen molar-refractivity contribution in [3.63, 3.8) is 0 Å². The largest absolute Gasteiger partial charge is 0.440 e. The predicted octanol–water partition coefficient (Wildman–Crippen LogP) is 1.99. The molecule has 2 aliphatic rings. The summed E-state index contributed by atoms with van der Waals surface area (Å²) in [6.45, 7) is 9.84.